The fraction of sp³-hybridized carbons (Fsp3) is 0.125. The van der Waals surface area contributed by atoms with Crippen LogP contribution in [0, 0.1) is 18.6 Å². The minimum absolute atomic E-state index is 0.0855. The lowest BCUT2D eigenvalue weighted by Crippen LogP contribution is -2.19. The van der Waals surface area contributed by atoms with Gasteiger partial charge in [0.2, 0.25) is 0 Å². The zero-order chi connectivity index (χ0) is 15.5. The van der Waals surface area contributed by atoms with E-state index in [0.29, 0.717) is 0 Å². The molecule has 0 N–H and O–H groups in total. The van der Waals surface area contributed by atoms with Gasteiger partial charge in [0.25, 0.3) is 0 Å². The molecule has 0 spiro atoms. The van der Waals surface area contributed by atoms with Crippen molar-refractivity contribution in [2.24, 2.45) is 0 Å². The third kappa shape index (κ3) is 3.28. The molecule has 0 saturated heterocycles. The van der Waals surface area contributed by atoms with Crippen molar-refractivity contribution in [2.75, 3.05) is 0 Å². The number of aromatic nitrogens is 3. The van der Waals surface area contributed by atoms with E-state index in [0.717, 1.165) is 17.0 Å². The summed E-state index contributed by atoms with van der Waals surface area (Å²) in [6.07, 6.45) is 1.72. The van der Waals surface area contributed by atoms with E-state index in [-0.39, 0.29) is 17.2 Å². The summed E-state index contributed by atoms with van der Waals surface area (Å²) in [4.78, 5) is 4.15. The van der Waals surface area contributed by atoms with Gasteiger partial charge >= 0.3 is 0 Å². The molecule has 0 aliphatic carbocycles. The molecule has 0 aliphatic heterocycles. The first-order valence-corrected chi connectivity index (χ1v) is 8.44. The molecule has 0 atom stereocenters. The second-order valence-corrected chi connectivity index (χ2v) is 7.00. The van der Waals surface area contributed by atoms with E-state index in [4.69, 9.17) is 0 Å². The van der Waals surface area contributed by atoms with E-state index < -0.39 is 9.68 Å². The van der Waals surface area contributed by atoms with Gasteiger partial charge in [0.05, 0.1) is 0 Å². The molecule has 0 radical (unpaired) electrons. The Hall–Kier alpha value is -2.34. The number of halogens is 2. The number of aryl methyl sites for hydroxylation is 1. The van der Waals surface area contributed by atoms with Crippen molar-refractivity contribution >= 4 is 9.68 Å². The minimum atomic E-state index is -0.900. The van der Waals surface area contributed by atoms with Gasteiger partial charge in [-0.25, -0.2) is 13.8 Å². The maximum absolute atomic E-state index is 13.2. The molecule has 1 aromatic heterocycles. The van der Waals surface area contributed by atoms with Gasteiger partial charge in [0.15, 0.2) is 9.68 Å². The van der Waals surface area contributed by atoms with Crippen molar-refractivity contribution in [3.8, 4) is 0 Å². The number of hydrogen-bond donors (Lipinski definition) is 0. The van der Waals surface area contributed by atoms with Gasteiger partial charge < -0.3 is 0 Å². The van der Waals surface area contributed by atoms with Crippen molar-refractivity contribution in [3.63, 3.8) is 0 Å². The van der Waals surface area contributed by atoms with Crippen LogP contribution in [0.15, 0.2) is 54.9 Å². The standard InChI is InChI=1S/C16H15F2N3Si/c1-11-19-10-21(20-11)22-16(12-2-6-14(17)7-3-12)13-4-8-15(18)9-5-13/h2-10,16H,22H2,1H3. The molecule has 0 aliphatic rings. The van der Waals surface area contributed by atoms with Crippen molar-refractivity contribution in [1.29, 1.82) is 0 Å². The average Bonchev–Trinajstić information content (AvgIpc) is 2.92. The van der Waals surface area contributed by atoms with Crippen LogP contribution in [-0.2, 0) is 0 Å². The summed E-state index contributed by atoms with van der Waals surface area (Å²) in [6.45, 7) is 1.84. The molecule has 0 bridgehead atoms. The molecule has 3 rings (SSSR count). The predicted octanol–water partition coefficient (Wildman–Crippen LogP) is 2.59. The Balaban J connectivity index is 1.97. The first kappa shape index (κ1) is 14.6. The van der Waals surface area contributed by atoms with E-state index in [1.165, 1.54) is 24.3 Å². The Labute approximate surface area is 129 Å². The van der Waals surface area contributed by atoms with Gasteiger partial charge in [-0.15, -0.1) is 0 Å². The lowest BCUT2D eigenvalue weighted by molar-refractivity contribution is 0.626. The van der Waals surface area contributed by atoms with Crippen LogP contribution >= 0.6 is 0 Å². The van der Waals surface area contributed by atoms with Crippen LogP contribution in [0.5, 0.6) is 0 Å². The van der Waals surface area contributed by atoms with Gasteiger partial charge in [-0.1, -0.05) is 24.3 Å². The number of rotatable bonds is 4. The zero-order valence-electron chi connectivity index (χ0n) is 12.1. The minimum Gasteiger partial charge on any atom is -0.290 e. The van der Waals surface area contributed by atoms with Crippen LogP contribution in [0.2, 0.25) is 0 Å². The molecule has 0 unspecified atom stereocenters. The van der Waals surface area contributed by atoms with Gasteiger partial charge in [0, 0.05) is 5.54 Å². The highest BCUT2D eigenvalue weighted by molar-refractivity contribution is 6.36. The maximum Gasteiger partial charge on any atom is 0.168 e. The molecule has 3 aromatic rings. The average molecular weight is 315 g/mol. The lowest BCUT2D eigenvalue weighted by Gasteiger charge is -2.17. The Morgan fingerprint density at radius 3 is 1.82 bits per heavy atom. The first-order valence-electron chi connectivity index (χ1n) is 6.99. The van der Waals surface area contributed by atoms with Crippen LogP contribution in [-0.4, -0.2) is 24.1 Å². The van der Waals surface area contributed by atoms with Crippen molar-refractivity contribution in [2.45, 2.75) is 12.5 Å². The molecule has 6 heteroatoms. The molecule has 22 heavy (non-hydrogen) atoms. The van der Waals surface area contributed by atoms with Crippen LogP contribution in [0.25, 0.3) is 0 Å². The number of nitrogens with zero attached hydrogens (tertiary/aromatic N) is 3. The van der Waals surface area contributed by atoms with Gasteiger partial charge in [0.1, 0.15) is 23.8 Å². The molecule has 2 aromatic carbocycles. The summed E-state index contributed by atoms with van der Waals surface area (Å²) < 4.78 is 28.2. The summed E-state index contributed by atoms with van der Waals surface area (Å²) in [6, 6.07) is 12.9. The highest BCUT2D eigenvalue weighted by atomic mass is 28.2. The highest BCUT2D eigenvalue weighted by Crippen LogP contribution is 2.24. The summed E-state index contributed by atoms with van der Waals surface area (Å²) in [5.74, 6) is 0.198. The molecule has 0 amide bonds. The molecule has 1 heterocycles. The van der Waals surface area contributed by atoms with E-state index in [1.807, 2.05) is 11.3 Å². The largest absolute Gasteiger partial charge is 0.290 e. The summed E-state index contributed by atoms with van der Waals surface area (Å²) >= 11 is 0. The second-order valence-electron chi connectivity index (χ2n) is 5.17. The van der Waals surface area contributed by atoms with Crippen LogP contribution in [0.4, 0.5) is 8.78 Å². The number of hydrogen-bond acceptors (Lipinski definition) is 2. The van der Waals surface area contributed by atoms with Crippen LogP contribution < -0.4 is 0 Å². The highest BCUT2D eigenvalue weighted by Gasteiger charge is 2.17. The maximum atomic E-state index is 13.2. The first-order chi connectivity index (χ1) is 10.6. The Kier molecular flexibility index (Phi) is 4.10. The number of benzene rings is 2. The summed E-state index contributed by atoms with van der Waals surface area (Å²) in [5.41, 5.74) is 2.10. The smallest absolute Gasteiger partial charge is 0.168 e. The van der Waals surface area contributed by atoms with Crippen molar-refractivity contribution in [1.82, 2.24) is 14.4 Å². The fourth-order valence-corrected chi connectivity index (χ4v) is 4.26. The molecular formula is C16H15F2N3Si. The van der Waals surface area contributed by atoms with E-state index in [1.54, 1.807) is 30.6 Å². The second kappa shape index (κ2) is 6.19. The quantitative estimate of drug-likeness (QED) is 0.693. The third-order valence-corrected chi connectivity index (χ3v) is 5.55. The normalized spacial score (nSPS) is 11.6. The summed E-state index contributed by atoms with van der Waals surface area (Å²) in [7, 11) is -0.900. The van der Waals surface area contributed by atoms with Gasteiger partial charge in [-0.05, 0) is 42.3 Å². The Morgan fingerprint density at radius 1 is 0.909 bits per heavy atom. The van der Waals surface area contributed by atoms with E-state index in [9.17, 15) is 8.78 Å². The molecule has 0 saturated carbocycles. The molecule has 3 nitrogen and oxygen atoms in total. The van der Waals surface area contributed by atoms with Gasteiger partial charge in [-0.2, -0.15) is 5.10 Å². The molecular weight excluding hydrogens is 300 g/mol. The summed E-state index contributed by atoms with van der Waals surface area (Å²) in [5, 5.41) is 4.36. The Bertz CT molecular complexity index is 708. The van der Waals surface area contributed by atoms with Crippen LogP contribution in [0.3, 0.4) is 0 Å². The topological polar surface area (TPSA) is 30.7 Å². The molecule has 112 valence electrons. The van der Waals surface area contributed by atoms with E-state index >= 15 is 0 Å². The Morgan fingerprint density at radius 2 is 1.41 bits per heavy atom. The fourth-order valence-electron chi connectivity index (χ4n) is 2.46. The predicted molar refractivity (Wildman–Crippen MR) is 83.3 cm³/mol. The van der Waals surface area contributed by atoms with Crippen molar-refractivity contribution in [3.05, 3.63) is 83.4 Å². The lowest BCUT2D eigenvalue weighted by atomic mass is 10.0. The molecule has 0 fully saturated rings. The van der Waals surface area contributed by atoms with Crippen LogP contribution in [0.1, 0.15) is 22.5 Å². The van der Waals surface area contributed by atoms with Crippen molar-refractivity contribution < 1.29 is 8.78 Å². The SMILES string of the molecule is Cc1ncn([SiH2]C(c2ccc(F)cc2)c2ccc(F)cc2)n1. The van der Waals surface area contributed by atoms with E-state index in [2.05, 4.69) is 10.1 Å². The monoisotopic (exact) mass is 315 g/mol. The zero-order valence-corrected chi connectivity index (χ0v) is 13.5. The van der Waals surface area contributed by atoms with Gasteiger partial charge in [-0.3, -0.25) is 4.35 Å². The third-order valence-electron chi connectivity index (χ3n) is 3.57.